The van der Waals surface area contributed by atoms with Crippen molar-refractivity contribution in [2.24, 2.45) is 0 Å². The third kappa shape index (κ3) is 6.04. The number of benzene rings is 2. The first-order valence-corrected chi connectivity index (χ1v) is 10.2. The van der Waals surface area contributed by atoms with Gasteiger partial charge in [0.2, 0.25) is 0 Å². The average Bonchev–Trinajstić information content (AvgIpc) is 2.78. The summed E-state index contributed by atoms with van der Waals surface area (Å²) in [6, 6.07) is 15.2. The summed E-state index contributed by atoms with van der Waals surface area (Å²) >= 11 is 0. The van der Waals surface area contributed by atoms with E-state index in [0.717, 1.165) is 6.42 Å². The highest BCUT2D eigenvalue weighted by Gasteiger charge is 2.12. The highest BCUT2D eigenvalue weighted by atomic mass is 16.5. The van der Waals surface area contributed by atoms with Crippen LogP contribution in [-0.2, 0) is 11.2 Å². The molecule has 3 rings (SSSR count). The number of ether oxygens (including phenoxy) is 1. The Morgan fingerprint density at radius 2 is 1.88 bits per heavy atom. The standard InChI is InChI=1S/C24H26N4O4/c1-15-7-8-17(16(2)11-15)9-10-25-21-13-20(27-24(28-21)32-3)18-5-4-6-19(12-18)23(31)26-14-22(29)30/h4-8,11-13H,9-10,14H2,1-3H3,(H,26,31)(H,29,30)(H,25,27,28). The summed E-state index contributed by atoms with van der Waals surface area (Å²) in [5, 5.41) is 14.4. The van der Waals surface area contributed by atoms with Gasteiger partial charge in [-0.3, -0.25) is 9.59 Å². The van der Waals surface area contributed by atoms with E-state index in [-0.39, 0.29) is 6.01 Å². The summed E-state index contributed by atoms with van der Waals surface area (Å²) in [7, 11) is 1.49. The molecule has 8 nitrogen and oxygen atoms in total. The number of carbonyl (C=O) groups is 2. The van der Waals surface area contributed by atoms with Crippen molar-refractivity contribution in [2.45, 2.75) is 20.3 Å². The Hall–Kier alpha value is -3.94. The third-order valence-electron chi connectivity index (χ3n) is 4.91. The number of aromatic nitrogens is 2. The molecule has 1 amide bonds. The van der Waals surface area contributed by atoms with Crippen molar-refractivity contribution < 1.29 is 19.4 Å². The fourth-order valence-corrected chi connectivity index (χ4v) is 3.28. The van der Waals surface area contributed by atoms with Crippen molar-refractivity contribution in [1.29, 1.82) is 0 Å². The number of hydrogen-bond donors (Lipinski definition) is 3. The monoisotopic (exact) mass is 434 g/mol. The number of carboxylic acids is 1. The normalized spacial score (nSPS) is 10.5. The average molecular weight is 434 g/mol. The first-order chi connectivity index (χ1) is 15.4. The van der Waals surface area contributed by atoms with Crippen molar-refractivity contribution in [3.63, 3.8) is 0 Å². The number of carboxylic acid groups (broad SMARTS) is 1. The molecule has 0 saturated carbocycles. The molecule has 0 aliphatic rings. The molecule has 32 heavy (non-hydrogen) atoms. The molecule has 0 radical (unpaired) electrons. The molecule has 0 aliphatic heterocycles. The van der Waals surface area contributed by atoms with Gasteiger partial charge in [0.05, 0.1) is 12.8 Å². The van der Waals surface area contributed by atoms with Gasteiger partial charge in [0, 0.05) is 23.7 Å². The molecule has 0 atom stereocenters. The van der Waals surface area contributed by atoms with Gasteiger partial charge in [0.1, 0.15) is 12.4 Å². The van der Waals surface area contributed by atoms with E-state index in [0.29, 0.717) is 29.2 Å². The van der Waals surface area contributed by atoms with E-state index in [1.165, 1.54) is 23.8 Å². The Morgan fingerprint density at radius 3 is 2.59 bits per heavy atom. The van der Waals surface area contributed by atoms with E-state index < -0.39 is 18.4 Å². The van der Waals surface area contributed by atoms with E-state index in [4.69, 9.17) is 9.84 Å². The second kappa shape index (κ2) is 10.4. The zero-order valence-corrected chi connectivity index (χ0v) is 18.3. The van der Waals surface area contributed by atoms with Crippen molar-refractivity contribution in [2.75, 3.05) is 25.5 Å². The zero-order chi connectivity index (χ0) is 23.1. The van der Waals surface area contributed by atoms with Crippen molar-refractivity contribution in [3.05, 3.63) is 70.8 Å². The van der Waals surface area contributed by atoms with Gasteiger partial charge in [-0.05, 0) is 43.5 Å². The molecule has 8 heteroatoms. The van der Waals surface area contributed by atoms with Crippen LogP contribution in [0, 0.1) is 13.8 Å². The highest BCUT2D eigenvalue weighted by molar-refractivity contribution is 5.96. The minimum atomic E-state index is -1.11. The molecular formula is C24H26N4O4. The topological polar surface area (TPSA) is 113 Å². The van der Waals surface area contributed by atoms with E-state index in [2.05, 4.69) is 52.6 Å². The summed E-state index contributed by atoms with van der Waals surface area (Å²) in [6.07, 6.45) is 0.840. The van der Waals surface area contributed by atoms with Gasteiger partial charge in [0.25, 0.3) is 5.91 Å². The Morgan fingerprint density at radius 1 is 1.06 bits per heavy atom. The maximum absolute atomic E-state index is 12.2. The first kappa shape index (κ1) is 22.7. The summed E-state index contributed by atoms with van der Waals surface area (Å²) in [4.78, 5) is 31.6. The van der Waals surface area contributed by atoms with Gasteiger partial charge in [-0.1, -0.05) is 35.9 Å². The minimum absolute atomic E-state index is 0.206. The molecule has 0 unspecified atom stereocenters. The molecule has 0 saturated heterocycles. The van der Waals surface area contributed by atoms with Gasteiger partial charge in [0.15, 0.2) is 0 Å². The van der Waals surface area contributed by atoms with Crippen molar-refractivity contribution in [1.82, 2.24) is 15.3 Å². The number of methoxy groups -OCH3 is 1. The number of aryl methyl sites for hydroxylation is 2. The lowest BCUT2D eigenvalue weighted by Gasteiger charge is -2.11. The maximum atomic E-state index is 12.2. The van der Waals surface area contributed by atoms with Crippen LogP contribution < -0.4 is 15.4 Å². The lowest BCUT2D eigenvalue weighted by atomic mass is 10.0. The Bertz CT molecular complexity index is 1130. The number of rotatable bonds is 9. The fraction of sp³-hybridized carbons (Fsp3) is 0.250. The first-order valence-electron chi connectivity index (χ1n) is 10.2. The van der Waals surface area contributed by atoms with E-state index in [1.807, 2.05) is 6.07 Å². The van der Waals surface area contributed by atoms with Crippen LogP contribution in [0.2, 0.25) is 0 Å². The van der Waals surface area contributed by atoms with Crippen LogP contribution in [-0.4, -0.2) is 47.2 Å². The second-order valence-corrected chi connectivity index (χ2v) is 7.39. The van der Waals surface area contributed by atoms with Gasteiger partial charge in [-0.2, -0.15) is 9.97 Å². The zero-order valence-electron chi connectivity index (χ0n) is 18.3. The van der Waals surface area contributed by atoms with Crippen LogP contribution >= 0.6 is 0 Å². The third-order valence-corrected chi connectivity index (χ3v) is 4.91. The molecule has 166 valence electrons. The lowest BCUT2D eigenvalue weighted by molar-refractivity contribution is -0.135. The van der Waals surface area contributed by atoms with E-state index >= 15 is 0 Å². The van der Waals surface area contributed by atoms with Crippen LogP contribution in [0.3, 0.4) is 0 Å². The molecule has 1 heterocycles. The second-order valence-electron chi connectivity index (χ2n) is 7.39. The summed E-state index contributed by atoms with van der Waals surface area (Å²) in [6.45, 7) is 4.42. The number of nitrogens with one attached hydrogen (secondary N) is 2. The Balaban J connectivity index is 1.76. The predicted octanol–water partition coefficient (Wildman–Crippen LogP) is 3.24. The van der Waals surface area contributed by atoms with Crippen molar-refractivity contribution in [3.8, 4) is 17.3 Å². The number of hydrogen-bond acceptors (Lipinski definition) is 6. The van der Waals surface area contributed by atoms with Gasteiger partial charge in [-0.15, -0.1) is 0 Å². The van der Waals surface area contributed by atoms with E-state index in [9.17, 15) is 9.59 Å². The van der Waals surface area contributed by atoms with Crippen LogP contribution in [0.25, 0.3) is 11.3 Å². The van der Waals surface area contributed by atoms with E-state index in [1.54, 1.807) is 24.3 Å². The molecule has 1 aromatic heterocycles. The van der Waals surface area contributed by atoms with Crippen LogP contribution in [0.4, 0.5) is 5.82 Å². The highest BCUT2D eigenvalue weighted by Crippen LogP contribution is 2.23. The molecule has 0 aliphatic carbocycles. The number of nitrogens with zero attached hydrogens (tertiary/aromatic N) is 2. The maximum Gasteiger partial charge on any atom is 0.322 e. The molecule has 0 bridgehead atoms. The molecular weight excluding hydrogens is 408 g/mol. The number of anilines is 1. The molecule has 0 fully saturated rings. The fourth-order valence-electron chi connectivity index (χ4n) is 3.28. The summed E-state index contributed by atoms with van der Waals surface area (Å²) < 4.78 is 5.25. The number of amides is 1. The SMILES string of the molecule is COc1nc(NCCc2ccc(C)cc2C)cc(-c2cccc(C(=O)NCC(=O)O)c2)n1. The predicted molar refractivity (Wildman–Crippen MR) is 122 cm³/mol. The lowest BCUT2D eigenvalue weighted by Crippen LogP contribution is -2.29. The summed E-state index contributed by atoms with van der Waals surface area (Å²) in [5.41, 5.74) is 5.37. The largest absolute Gasteiger partial charge is 0.480 e. The van der Waals surface area contributed by atoms with Gasteiger partial charge in [-0.25, -0.2) is 0 Å². The van der Waals surface area contributed by atoms with Crippen LogP contribution in [0.5, 0.6) is 6.01 Å². The summed E-state index contributed by atoms with van der Waals surface area (Å²) in [5.74, 6) is -0.967. The Kier molecular flexibility index (Phi) is 7.38. The smallest absolute Gasteiger partial charge is 0.322 e. The van der Waals surface area contributed by atoms with Gasteiger partial charge < -0.3 is 20.5 Å². The van der Waals surface area contributed by atoms with Crippen LogP contribution in [0.15, 0.2) is 48.5 Å². The number of carbonyl (C=O) groups excluding carboxylic acids is 1. The molecule has 0 spiro atoms. The minimum Gasteiger partial charge on any atom is -0.480 e. The van der Waals surface area contributed by atoms with Gasteiger partial charge >= 0.3 is 12.0 Å². The van der Waals surface area contributed by atoms with Crippen molar-refractivity contribution >= 4 is 17.7 Å². The molecule has 3 N–H and O–H groups in total. The number of aliphatic carboxylic acids is 1. The quantitative estimate of drug-likeness (QED) is 0.474. The van der Waals surface area contributed by atoms with Crippen LogP contribution in [0.1, 0.15) is 27.0 Å². The Labute approximate surface area is 186 Å². The molecule has 3 aromatic rings. The molecule has 2 aromatic carbocycles.